The Morgan fingerprint density at radius 3 is 2.62 bits per heavy atom. The van der Waals surface area contributed by atoms with Gasteiger partial charge >= 0.3 is 6.18 Å². The zero-order valence-electron chi connectivity index (χ0n) is 14.6. The molecule has 0 spiro atoms. The summed E-state index contributed by atoms with van der Waals surface area (Å²) in [6, 6.07) is 6.64. The summed E-state index contributed by atoms with van der Waals surface area (Å²) in [4.78, 5) is 12.4. The molecule has 144 valence electrons. The van der Waals surface area contributed by atoms with Crippen LogP contribution in [0.15, 0.2) is 24.3 Å². The SMILES string of the molecule is O=C(NC1CCC(C(F)(F)F)CC1)c1cccc(OCC2CCCO2)c1. The van der Waals surface area contributed by atoms with E-state index in [4.69, 9.17) is 9.47 Å². The highest BCUT2D eigenvalue weighted by Gasteiger charge is 2.41. The van der Waals surface area contributed by atoms with Gasteiger partial charge in [0.25, 0.3) is 5.91 Å². The second-order valence-corrected chi connectivity index (χ2v) is 7.04. The van der Waals surface area contributed by atoms with Crippen LogP contribution in [0.3, 0.4) is 0 Å². The highest BCUT2D eigenvalue weighted by atomic mass is 19.4. The summed E-state index contributed by atoms with van der Waals surface area (Å²) in [6.07, 6.45) is -1.19. The first-order valence-corrected chi connectivity index (χ1v) is 9.14. The summed E-state index contributed by atoms with van der Waals surface area (Å²) in [5.41, 5.74) is 0.452. The third kappa shape index (κ3) is 5.13. The van der Waals surface area contributed by atoms with Gasteiger partial charge in [-0.15, -0.1) is 0 Å². The van der Waals surface area contributed by atoms with Gasteiger partial charge in [-0.3, -0.25) is 4.79 Å². The molecule has 1 aromatic carbocycles. The predicted molar refractivity (Wildman–Crippen MR) is 90.2 cm³/mol. The van der Waals surface area contributed by atoms with E-state index in [1.807, 2.05) is 0 Å². The molecule has 1 saturated carbocycles. The lowest BCUT2D eigenvalue weighted by atomic mass is 9.85. The third-order valence-electron chi connectivity index (χ3n) is 5.08. The first-order chi connectivity index (χ1) is 12.4. The molecule has 3 rings (SSSR count). The Bertz CT molecular complexity index is 606. The smallest absolute Gasteiger partial charge is 0.391 e. The molecule has 1 unspecified atom stereocenters. The Labute approximate surface area is 151 Å². The van der Waals surface area contributed by atoms with Crippen molar-refractivity contribution in [1.29, 1.82) is 0 Å². The third-order valence-corrected chi connectivity index (χ3v) is 5.08. The van der Waals surface area contributed by atoms with Crippen molar-refractivity contribution in [3.63, 3.8) is 0 Å². The number of benzene rings is 1. The number of hydrogen-bond acceptors (Lipinski definition) is 3. The first-order valence-electron chi connectivity index (χ1n) is 9.14. The normalized spacial score (nSPS) is 26.5. The van der Waals surface area contributed by atoms with Gasteiger partial charge in [0, 0.05) is 18.2 Å². The van der Waals surface area contributed by atoms with E-state index in [1.54, 1.807) is 24.3 Å². The average Bonchev–Trinajstić information content (AvgIpc) is 3.13. The van der Waals surface area contributed by atoms with Crippen LogP contribution in [-0.4, -0.2) is 37.4 Å². The second-order valence-electron chi connectivity index (χ2n) is 7.04. The zero-order chi connectivity index (χ0) is 18.6. The van der Waals surface area contributed by atoms with Crippen molar-refractivity contribution >= 4 is 5.91 Å². The van der Waals surface area contributed by atoms with Crippen molar-refractivity contribution in [2.45, 2.75) is 56.8 Å². The van der Waals surface area contributed by atoms with Crippen LogP contribution in [0.2, 0.25) is 0 Å². The van der Waals surface area contributed by atoms with Crippen LogP contribution in [-0.2, 0) is 4.74 Å². The summed E-state index contributed by atoms with van der Waals surface area (Å²) < 4.78 is 49.3. The molecule has 1 aliphatic heterocycles. The molecule has 26 heavy (non-hydrogen) atoms. The summed E-state index contributed by atoms with van der Waals surface area (Å²) in [7, 11) is 0. The van der Waals surface area contributed by atoms with Crippen molar-refractivity contribution in [3.05, 3.63) is 29.8 Å². The van der Waals surface area contributed by atoms with Gasteiger partial charge in [0.15, 0.2) is 0 Å². The standard InChI is InChI=1S/C19H24F3NO3/c20-19(21,22)14-6-8-15(9-7-14)23-18(24)13-3-1-4-16(11-13)26-12-17-5-2-10-25-17/h1,3-4,11,14-15,17H,2,5-10,12H2,(H,23,24). The monoisotopic (exact) mass is 371 g/mol. The molecular formula is C19H24F3NO3. The van der Waals surface area contributed by atoms with Crippen molar-refractivity contribution in [3.8, 4) is 5.75 Å². The summed E-state index contributed by atoms with van der Waals surface area (Å²) in [5, 5.41) is 2.85. The molecule has 2 fully saturated rings. The molecule has 1 aliphatic carbocycles. The maximum absolute atomic E-state index is 12.7. The van der Waals surface area contributed by atoms with E-state index >= 15 is 0 Å². The largest absolute Gasteiger partial charge is 0.491 e. The van der Waals surface area contributed by atoms with Crippen molar-refractivity contribution in [2.24, 2.45) is 5.92 Å². The molecule has 0 aromatic heterocycles. The highest BCUT2D eigenvalue weighted by Crippen LogP contribution is 2.37. The average molecular weight is 371 g/mol. The fraction of sp³-hybridized carbons (Fsp3) is 0.632. The van der Waals surface area contributed by atoms with Gasteiger partial charge in [-0.1, -0.05) is 6.07 Å². The van der Waals surface area contributed by atoms with Crippen LogP contribution in [0.4, 0.5) is 13.2 Å². The lowest BCUT2D eigenvalue weighted by Crippen LogP contribution is -2.40. The maximum atomic E-state index is 12.7. The molecule has 1 N–H and O–H groups in total. The molecule has 1 amide bonds. The Kier molecular flexibility index (Phi) is 6.06. The van der Waals surface area contributed by atoms with Crippen molar-refractivity contribution in [1.82, 2.24) is 5.32 Å². The number of rotatable bonds is 5. The van der Waals surface area contributed by atoms with Gasteiger partial charge < -0.3 is 14.8 Å². The second kappa shape index (κ2) is 8.29. The molecular weight excluding hydrogens is 347 g/mol. The quantitative estimate of drug-likeness (QED) is 0.848. The van der Waals surface area contributed by atoms with E-state index in [9.17, 15) is 18.0 Å². The van der Waals surface area contributed by atoms with Crippen LogP contribution in [0, 0.1) is 5.92 Å². The summed E-state index contributed by atoms with van der Waals surface area (Å²) >= 11 is 0. The Hall–Kier alpha value is -1.76. The van der Waals surface area contributed by atoms with Gasteiger partial charge in [0.2, 0.25) is 0 Å². The number of amides is 1. The van der Waals surface area contributed by atoms with Gasteiger partial charge in [-0.2, -0.15) is 13.2 Å². The molecule has 4 nitrogen and oxygen atoms in total. The van der Waals surface area contributed by atoms with E-state index in [2.05, 4.69) is 5.32 Å². The van der Waals surface area contributed by atoms with E-state index in [-0.39, 0.29) is 30.9 Å². The Morgan fingerprint density at radius 1 is 1.19 bits per heavy atom. The number of halogens is 3. The number of ether oxygens (including phenoxy) is 2. The molecule has 1 atom stereocenters. The predicted octanol–water partition coefficient (Wildman–Crippen LogP) is 4.10. The minimum absolute atomic E-state index is 0.0684. The van der Waals surface area contributed by atoms with Crippen LogP contribution in [0.1, 0.15) is 48.9 Å². The number of nitrogens with one attached hydrogen (secondary N) is 1. The van der Waals surface area contributed by atoms with E-state index in [0.717, 1.165) is 19.4 Å². The first kappa shape index (κ1) is 19.0. The van der Waals surface area contributed by atoms with Gasteiger partial charge in [0.05, 0.1) is 12.0 Å². The van der Waals surface area contributed by atoms with Gasteiger partial charge in [0.1, 0.15) is 12.4 Å². The van der Waals surface area contributed by atoms with E-state index < -0.39 is 12.1 Å². The Balaban J connectivity index is 1.49. The van der Waals surface area contributed by atoms with Crippen molar-refractivity contribution < 1.29 is 27.4 Å². The number of carbonyl (C=O) groups is 1. The number of alkyl halides is 3. The minimum atomic E-state index is -4.14. The van der Waals surface area contributed by atoms with Crippen LogP contribution in [0.5, 0.6) is 5.75 Å². The molecule has 1 heterocycles. The lowest BCUT2D eigenvalue weighted by Gasteiger charge is -2.30. The highest BCUT2D eigenvalue weighted by molar-refractivity contribution is 5.94. The molecule has 1 aromatic rings. The van der Waals surface area contributed by atoms with Crippen LogP contribution >= 0.6 is 0 Å². The van der Waals surface area contributed by atoms with E-state index in [0.29, 0.717) is 30.8 Å². The number of hydrogen-bond donors (Lipinski definition) is 1. The summed E-state index contributed by atoms with van der Waals surface area (Å²) in [6.45, 7) is 1.21. The number of carbonyl (C=O) groups excluding carboxylic acids is 1. The fourth-order valence-corrected chi connectivity index (χ4v) is 3.53. The van der Waals surface area contributed by atoms with Crippen LogP contribution < -0.4 is 10.1 Å². The molecule has 7 heteroatoms. The van der Waals surface area contributed by atoms with Crippen molar-refractivity contribution in [2.75, 3.05) is 13.2 Å². The molecule has 1 saturated heterocycles. The molecule has 2 aliphatic rings. The maximum Gasteiger partial charge on any atom is 0.391 e. The van der Waals surface area contributed by atoms with Crippen LogP contribution in [0.25, 0.3) is 0 Å². The molecule has 0 bridgehead atoms. The lowest BCUT2D eigenvalue weighted by molar-refractivity contribution is -0.182. The topological polar surface area (TPSA) is 47.6 Å². The fourth-order valence-electron chi connectivity index (χ4n) is 3.53. The van der Waals surface area contributed by atoms with E-state index in [1.165, 1.54) is 0 Å². The Morgan fingerprint density at radius 2 is 1.96 bits per heavy atom. The molecule has 0 radical (unpaired) electrons. The van der Waals surface area contributed by atoms with Gasteiger partial charge in [-0.05, 0) is 56.7 Å². The van der Waals surface area contributed by atoms with Gasteiger partial charge in [-0.25, -0.2) is 0 Å². The summed E-state index contributed by atoms with van der Waals surface area (Å²) in [5.74, 6) is -0.929. The minimum Gasteiger partial charge on any atom is -0.491 e. The zero-order valence-corrected chi connectivity index (χ0v) is 14.6.